The molecule has 1 unspecified atom stereocenters. The molecule has 0 spiro atoms. The second-order valence-corrected chi connectivity index (χ2v) is 4.65. The highest BCUT2D eigenvalue weighted by atomic mass is 16.1. The SMILES string of the molecule is NCCCC[C@H](N)C(=O)C([C]=O)Cc1ccccc1. The molecule has 0 bridgehead atoms. The van der Waals surface area contributed by atoms with Gasteiger partial charge in [-0.1, -0.05) is 36.8 Å². The van der Waals surface area contributed by atoms with Crippen molar-refractivity contribution in [3.63, 3.8) is 0 Å². The molecular formula is C15H21N2O2. The summed E-state index contributed by atoms with van der Waals surface area (Å²) < 4.78 is 0. The minimum absolute atomic E-state index is 0.226. The molecule has 0 aromatic heterocycles. The van der Waals surface area contributed by atoms with E-state index in [9.17, 15) is 9.59 Å². The molecule has 0 heterocycles. The van der Waals surface area contributed by atoms with Gasteiger partial charge in [0.1, 0.15) is 0 Å². The van der Waals surface area contributed by atoms with Crippen molar-refractivity contribution >= 4 is 12.1 Å². The van der Waals surface area contributed by atoms with E-state index in [1.165, 1.54) is 0 Å². The molecule has 0 saturated carbocycles. The van der Waals surface area contributed by atoms with E-state index in [1.54, 1.807) is 0 Å². The van der Waals surface area contributed by atoms with Crippen molar-refractivity contribution in [3.05, 3.63) is 35.9 Å². The van der Waals surface area contributed by atoms with Gasteiger partial charge in [0.15, 0.2) is 5.78 Å². The highest BCUT2D eigenvalue weighted by Crippen LogP contribution is 2.11. The zero-order valence-corrected chi connectivity index (χ0v) is 11.0. The van der Waals surface area contributed by atoms with Gasteiger partial charge in [-0.05, 0) is 31.4 Å². The van der Waals surface area contributed by atoms with E-state index in [2.05, 4.69) is 0 Å². The van der Waals surface area contributed by atoms with Crippen LogP contribution in [0.2, 0.25) is 0 Å². The molecule has 4 N–H and O–H groups in total. The predicted octanol–water partition coefficient (Wildman–Crippen LogP) is 0.980. The standard InChI is InChI=1S/C15H21N2O2/c16-9-5-4-8-14(17)15(19)13(11-18)10-12-6-2-1-3-7-12/h1-3,6-7,13-14H,4-5,8-10,16-17H2/t13?,14-/m0/s1. The van der Waals surface area contributed by atoms with Crippen LogP contribution in [0.1, 0.15) is 24.8 Å². The van der Waals surface area contributed by atoms with Crippen molar-refractivity contribution < 1.29 is 9.59 Å². The highest BCUT2D eigenvalue weighted by Gasteiger charge is 2.24. The molecular weight excluding hydrogens is 240 g/mol. The molecule has 0 aliphatic rings. The first-order chi connectivity index (χ1) is 9.19. The second-order valence-electron chi connectivity index (χ2n) is 4.65. The van der Waals surface area contributed by atoms with Crippen molar-refractivity contribution in [2.45, 2.75) is 31.7 Å². The van der Waals surface area contributed by atoms with Crippen LogP contribution in [0, 0.1) is 5.92 Å². The monoisotopic (exact) mass is 261 g/mol. The minimum atomic E-state index is -0.768. The van der Waals surface area contributed by atoms with Gasteiger partial charge in [0.2, 0.25) is 6.29 Å². The largest absolute Gasteiger partial charge is 0.330 e. The van der Waals surface area contributed by atoms with Gasteiger partial charge >= 0.3 is 0 Å². The van der Waals surface area contributed by atoms with Crippen LogP contribution in [0.3, 0.4) is 0 Å². The van der Waals surface area contributed by atoms with E-state index in [-0.39, 0.29) is 5.78 Å². The average Bonchev–Trinajstić information content (AvgIpc) is 2.45. The van der Waals surface area contributed by atoms with Gasteiger partial charge in [0.05, 0.1) is 12.0 Å². The summed E-state index contributed by atoms with van der Waals surface area (Å²) >= 11 is 0. The Morgan fingerprint density at radius 1 is 1.21 bits per heavy atom. The van der Waals surface area contributed by atoms with E-state index in [4.69, 9.17) is 11.5 Å². The maximum Gasteiger partial charge on any atom is 0.209 e. The van der Waals surface area contributed by atoms with Gasteiger partial charge in [-0.15, -0.1) is 0 Å². The maximum absolute atomic E-state index is 12.1. The minimum Gasteiger partial charge on any atom is -0.330 e. The summed E-state index contributed by atoms with van der Waals surface area (Å²) in [4.78, 5) is 23.0. The quantitative estimate of drug-likeness (QED) is 0.512. The summed E-state index contributed by atoms with van der Waals surface area (Å²) in [6.45, 7) is 0.591. The third kappa shape index (κ3) is 5.32. The van der Waals surface area contributed by atoms with Gasteiger partial charge in [0.25, 0.3) is 0 Å². The second kappa shape index (κ2) is 8.56. The van der Waals surface area contributed by atoms with Crippen LogP contribution < -0.4 is 11.5 Å². The Bertz CT molecular complexity index is 392. The topological polar surface area (TPSA) is 86.2 Å². The van der Waals surface area contributed by atoms with Crippen LogP contribution in [-0.4, -0.2) is 24.7 Å². The fraction of sp³-hybridized carbons (Fsp3) is 0.467. The summed E-state index contributed by atoms with van der Waals surface area (Å²) in [7, 11) is 0. The summed E-state index contributed by atoms with van der Waals surface area (Å²) in [5, 5.41) is 0. The van der Waals surface area contributed by atoms with Crippen LogP contribution in [0.15, 0.2) is 30.3 Å². The Morgan fingerprint density at radius 3 is 2.47 bits per heavy atom. The summed E-state index contributed by atoms with van der Waals surface area (Å²) in [5.41, 5.74) is 12.2. The Kier molecular flexibility index (Phi) is 7.00. The van der Waals surface area contributed by atoms with Crippen molar-refractivity contribution in [3.8, 4) is 0 Å². The number of unbranched alkanes of at least 4 members (excludes halogenated alkanes) is 1. The Morgan fingerprint density at radius 2 is 1.89 bits per heavy atom. The van der Waals surface area contributed by atoms with Crippen molar-refractivity contribution in [2.24, 2.45) is 17.4 Å². The van der Waals surface area contributed by atoms with Gasteiger partial charge < -0.3 is 11.5 Å². The lowest BCUT2D eigenvalue weighted by atomic mass is 9.91. The summed E-state index contributed by atoms with van der Waals surface area (Å²) in [5.74, 6) is -0.994. The zero-order valence-electron chi connectivity index (χ0n) is 11.0. The fourth-order valence-corrected chi connectivity index (χ4v) is 1.96. The number of Topliss-reactive ketones (excluding diaryl/α,β-unsaturated/α-hetero) is 1. The molecule has 1 aromatic rings. The number of rotatable bonds is 9. The lowest BCUT2D eigenvalue weighted by molar-refractivity contribution is -0.122. The van der Waals surface area contributed by atoms with Crippen molar-refractivity contribution in [1.29, 1.82) is 0 Å². The zero-order chi connectivity index (χ0) is 14.1. The number of nitrogens with two attached hydrogens (primary N) is 2. The molecule has 2 atom stereocenters. The van der Waals surface area contributed by atoms with E-state index in [1.807, 2.05) is 36.6 Å². The first-order valence-electron chi connectivity index (χ1n) is 6.60. The van der Waals surface area contributed by atoms with Gasteiger partial charge in [-0.2, -0.15) is 0 Å². The van der Waals surface area contributed by atoms with E-state index >= 15 is 0 Å². The highest BCUT2D eigenvalue weighted by molar-refractivity contribution is 5.97. The number of carbonyl (C=O) groups excluding carboxylic acids is 2. The number of hydrogen-bond acceptors (Lipinski definition) is 4. The van der Waals surface area contributed by atoms with Crippen LogP contribution in [0.25, 0.3) is 0 Å². The Balaban J connectivity index is 2.54. The third-order valence-corrected chi connectivity index (χ3v) is 3.10. The molecule has 1 rings (SSSR count). The molecule has 103 valence electrons. The van der Waals surface area contributed by atoms with Crippen molar-refractivity contribution in [1.82, 2.24) is 0 Å². The van der Waals surface area contributed by atoms with E-state index in [0.29, 0.717) is 19.4 Å². The van der Waals surface area contributed by atoms with Gasteiger partial charge in [-0.25, -0.2) is 0 Å². The van der Waals surface area contributed by atoms with Gasteiger partial charge in [0, 0.05) is 0 Å². The molecule has 4 heteroatoms. The van der Waals surface area contributed by atoms with Crippen LogP contribution in [-0.2, 0) is 16.0 Å². The fourth-order valence-electron chi connectivity index (χ4n) is 1.96. The molecule has 0 aliphatic carbocycles. The molecule has 1 aromatic carbocycles. The van der Waals surface area contributed by atoms with E-state index < -0.39 is 12.0 Å². The van der Waals surface area contributed by atoms with Gasteiger partial charge in [-0.3, -0.25) is 9.59 Å². The van der Waals surface area contributed by atoms with E-state index in [0.717, 1.165) is 18.4 Å². The Labute approximate surface area is 114 Å². The van der Waals surface area contributed by atoms with Crippen LogP contribution in [0.5, 0.6) is 0 Å². The molecule has 0 aliphatic heterocycles. The maximum atomic E-state index is 12.1. The Hall–Kier alpha value is -1.52. The third-order valence-electron chi connectivity index (χ3n) is 3.10. The lowest BCUT2D eigenvalue weighted by Gasteiger charge is -2.14. The summed E-state index contributed by atoms with van der Waals surface area (Å²) in [6, 6.07) is 8.83. The smallest absolute Gasteiger partial charge is 0.209 e. The molecule has 0 fully saturated rings. The first kappa shape index (κ1) is 15.5. The van der Waals surface area contributed by atoms with Crippen molar-refractivity contribution in [2.75, 3.05) is 6.54 Å². The molecule has 19 heavy (non-hydrogen) atoms. The average molecular weight is 261 g/mol. The number of hydrogen-bond donors (Lipinski definition) is 2. The predicted molar refractivity (Wildman–Crippen MR) is 75.2 cm³/mol. The number of carbonyl (C=O) groups is 1. The number of ketones is 1. The molecule has 4 nitrogen and oxygen atoms in total. The lowest BCUT2D eigenvalue weighted by Crippen LogP contribution is -2.37. The normalized spacial score (nSPS) is 13.8. The number of benzene rings is 1. The molecule has 0 saturated heterocycles. The molecule has 0 amide bonds. The van der Waals surface area contributed by atoms with Crippen LogP contribution in [0.4, 0.5) is 0 Å². The summed E-state index contributed by atoms with van der Waals surface area (Å²) in [6.07, 6.45) is 4.41. The van der Waals surface area contributed by atoms with Crippen LogP contribution >= 0.6 is 0 Å². The molecule has 1 radical (unpaired) electrons. The first-order valence-corrected chi connectivity index (χ1v) is 6.60.